The minimum absolute atomic E-state index is 0. The Kier molecular flexibility index (Phi) is 124. The number of aliphatic hydroxyl groups is 4. The molecular weight excluding hydrogens is 1510 g/mol. The number of esters is 8. The van der Waals surface area contributed by atoms with Crippen LogP contribution >= 0.6 is 0 Å². The second-order valence-electron chi connectivity index (χ2n) is 32.0. The van der Waals surface area contributed by atoms with E-state index in [-0.39, 0.29) is 103 Å². The summed E-state index contributed by atoms with van der Waals surface area (Å²) in [7, 11) is 0. The second kappa shape index (κ2) is 112. The van der Waals surface area contributed by atoms with Crippen molar-refractivity contribution >= 4 is 47.8 Å². The lowest BCUT2D eigenvalue weighted by atomic mass is 9.94. The summed E-state index contributed by atoms with van der Waals surface area (Å²) < 4.78 is 38.8. The Morgan fingerprint density at radius 2 is 0.370 bits per heavy atom. The molecule has 0 rings (SSSR count). The molecule has 0 heterocycles. The van der Waals surface area contributed by atoms with Gasteiger partial charge in [0.1, 0.15) is 32.8 Å². The maximum atomic E-state index is 12.0. The highest BCUT2D eigenvalue weighted by Gasteiger charge is 2.39. The van der Waals surface area contributed by atoms with Gasteiger partial charge in [0.2, 0.25) is 0 Å². The number of aliphatic hydroxyl groups excluding tert-OH is 4. The topological polar surface area (TPSA) is 291 Å². The fourth-order valence-electron chi connectivity index (χ4n) is 13.0. The number of carbonyl (C=O) groups is 8. The van der Waals surface area contributed by atoms with Gasteiger partial charge in [-0.15, -0.1) is 0 Å². The molecule has 0 aliphatic rings. The summed E-state index contributed by atoms with van der Waals surface area (Å²) in [6.07, 6.45) is 82.8. The average molecular weight is 1710 g/mol. The molecule has 0 saturated heterocycles. The summed E-state index contributed by atoms with van der Waals surface area (Å²) in [6, 6.07) is 0. The third kappa shape index (κ3) is 106. The van der Waals surface area contributed by atoms with E-state index in [0.717, 1.165) is 64.2 Å². The zero-order valence-electron chi connectivity index (χ0n) is 74.8. The molecule has 716 valence electrons. The summed E-state index contributed by atoms with van der Waals surface area (Å²) in [6.45, 7) is 13.4. The van der Waals surface area contributed by atoms with Crippen LogP contribution in [0.15, 0.2) is 0 Å². The maximum Gasteiger partial charge on any atom is 0.417 e. The monoisotopic (exact) mass is 1710 g/mol. The Hall–Kier alpha value is -4.40. The van der Waals surface area contributed by atoms with Crippen molar-refractivity contribution in [1.29, 1.82) is 0 Å². The minimum Gasteiger partial charge on any atom is -0.465 e. The van der Waals surface area contributed by atoms with Gasteiger partial charge in [0.15, 0.2) is 11.3 Å². The van der Waals surface area contributed by atoms with Crippen LogP contribution in [-0.2, 0) is 76.3 Å². The first-order chi connectivity index (χ1) is 55.5. The van der Waals surface area contributed by atoms with Crippen LogP contribution in [0.3, 0.4) is 0 Å². The number of ether oxygens (including phenoxy) is 8. The number of unbranched alkanes of at least 4 members (excludes halogenated alkanes) is 60. The Labute approximate surface area is 734 Å². The van der Waals surface area contributed by atoms with Crippen molar-refractivity contribution in [3.63, 3.8) is 0 Å². The fourth-order valence-corrected chi connectivity index (χ4v) is 13.0. The number of hydrogen-bond acceptors (Lipinski definition) is 20. The summed E-state index contributed by atoms with van der Waals surface area (Å²) in [5.74, 6) is -6.53. The van der Waals surface area contributed by atoms with Gasteiger partial charge in [-0.1, -0.05) is 450 Å². The maximum absolute atomic E-state index is 12.0. The van der Waals surface area contributed by atoms with Gasteiger partial charge >= 0.3 is 47.8 Å². The van der Waals surface area contributed by atoms with Gasteiger partial charge in [-0.2, -0.15) is 0 Å². The summed E-state index contributed by atoms with van der Waals surface area (Å²) in [4.78, 5) is 92.0. The molecule has 0 aromatic heterocycles. The van der Waals surface area contributed by atoms with E-state index in [1.54, 1.807) is 0 Å². The lowest BCUT2D eigenvalue weighted by Gasteiger charge is -2.20. The molecule has 20 heteroatoms. The van der Waals surface area contributed by atoms with E-state index in [2.05, 4.69) is 37.2 Å². The van der Waals surface area contributed by atoms with Crippen LogP contribution in [0.5, 0.6) is 0 Å². The molecule has 1 unspecified atom stereocenters. The quantitative estimate of drug-likeness (QED) is 0.0145. The van der Waals surface area contributed by atoms with Crippen LogP contribution in [0.1, 0.15) is 503 Å². The highest BCUT2D eigenvalue weighted by molar-refractivity contribution is 6.29. The van der Waals surface area contributed by atoms with Crippen molar-refractivity contribution in [2.24, 2.45) is 11.3 Å². The highest BCUT2D eigenvalue weighted by atomic mass is 16.6. The predicted octanol–water partition coefficient (Wildman–Crippen LogP) is 26.5. The van der Waals surface area contributed by atoms with Crippen molar-refractivity contribution < 1.29 is 96.7 Å². The molecule has 0 amide bonds. The van der Waals surface area contributed by atoms with Crippen LogP contribution in [0.4, 0.5) is 0 Å². The van der Waals surface area contributed by atoms with Crippen molar-refractivity contribution in [3.8, 4) is 0 Å². The highest BCUT2D eigenvalue weighted by Crippen LogP contribution is 2.22. The van der Waals surface area contributed by atoms with Gasteiger partial charge in [-0.05, 0) is 46.5 Å². The predicted molar refractivity (Wildman–Crippen MR) is 495 cm³/mol. The molecule has 1 atom stereocenters. The van der Waals surface area contributed by atoms with E-state index < -0.39 is 59.1 Å². The molecule has 0 fully saturated rings. The normalized spacial score (nSPS) is 10.8. The smallest absolute Gasteiger partial charge is 0.417 e. The Morgan fingerprint density at radius 1 is 0.218 bits per heavy atom. The average Bonchev–Trinajstić information content (AvgIpc) is 0.852. The molecule has 0 bridgehead atoms. The van der Waals surface area contributed by atoms with Gasteiger partial charge < -0.3 is 58.3 Å². The number of rotatable bonds is 82. The first-order valence-electron chi connectivity index (χ1n) is 47.3. The Bertz CT molecular complexity index is 2070. The summed E-state index contributed by atoms with van der Waals surface area (Å²) in [5.41, 5.74) is -1.33. The third-order valence-electron chi connectivity index (χ3n) is 20.5. The Balaban J connectivity index is -0.000000191. The van der Waals surface area contributed by atoms with Crippen LogP contribution in [0.2, 0.25) is 0 Å². The van der Waals surface area contributed by atoms with E-state index in [0.29, 0.717) is 19.8 Å². The van der Waals surface area contributed by atoms with E-state index in [1.807, 2.05) is 0 Å². The summed E-state index contributed by atoms with van der Waals surface area (Å²) in [5, 5.41) is 34.3. The van der Waals surface area contributed by atoms with E-state index in [4.69, 9.17) is 48.8 Å². The van der Waals surface area contributed by atoms with Crippen molar-refractivity contribution in [2.75, 3.05) is 79.3 Å². The van der Waals surface area contributed by atoms with Crippen LogP contribution in [-0.4, -0.2) is 147 Å². The van der Waals surface area contributed by atoms with Gasteiger partial charge in [-0.3, -0.25) is 28.8 Å². The molecule has 0 aromatic rings. The standard InChI is InChI=1S/C25H48O5.C24H46O5.C23H44O5.C22H42O5.5CH4/c1-4-5-6-7-8-9-10-11-12-13-14-15-16-17-18-19-21-29-23(27)25(2,3)24(28)30-22-20-26;1-3-4-5-6-7-8-9-10-11-12-13-14-15-16-17-18-20-28-23(26)22(2)24(27)29-21-19-25;1-2-3-4-5-6-7-8-9-10-11-12-13-14-15-16-17-19-27-22(25)21-23(26)28-20-18-24;1-2-3-4-5-6-7-8-9-10-11-12-13-14-15-16-17-19-26-21(24)22(25)27-20-18-23;;;;;/h26H,4-22H2,1-3H3;22,25H,3-21H2,1-2H3;24H,2-21H2,1H3;23H,2-20H2,1H3;5*1H4. The van der Waals surface area contributed by atoms with Crippen molar-refractivity contribution in [1.82, 2.24) is 0 Å². The minimum atomic E-state index is -1.33. The molecule has 0 saturated carbocycles. The van der Waals surface area contributed by atoms with E-state index in [9.17, 15) is 38.4 Å². The van der Waals surface area contributed by atoms with Crippen LogP contribution in [0, 0.1) is 11.3 Å². The zero-order valence-corrected chi connectivity index (χ0v) is 74.8. The van der Waals surface area contributed by atoms with Gasteiger partial charge in [0.25, 0.3) is 0 Å². The number of hydrogen-bond donors (Lipinski definition) is 4. The number of carbonyl (C=O) groups excluding carboxylic acids is 8. The molecule has 0 aliphatic heterocycles. The molecular formula is C99H200O20. The van der Waals surface area contributed by atoms with Crippen molar-refractivity contribution in [3.05, 3.63) is 0 Å². The lowest BCUT2D eigenvalue weighted by Crippen LogP contribution is -2.37. The molecule has 119 heavy (non-hydrogen) atoms. The molecule has 20 nitrogen and oxygen atoms in total. The molecule has 0 radical (unpaired) electrons. The van der Waals surface area contributed by atoms with Gasteiger partial charge in [-0.25, -0.2) is 9.59 Å². The molecule has 0 aliphatic carbocycles. The fraction of sp³-hybridized carbons (Fsp3) is 0.919. The zero-order chi connectivity index (χ0) is 84.8. The van der Waals surface area contributed by atoms with E-state index in [1.165, 1.54) is 367 Å². The van der Waals surface area contributed by atoms with Crippen LogP contribution in [0.25, 0.3) is 0 Å². The largest absolute Gasteiger partial charge is 0.465 e. The van der Waals surface area contributed by atoms with Crippen LogP contribution < -0.4 is 0 Å². The van der Waals surface area contributed by atoms with E-state index >= 15 is 0 Å². The third-order valence-corrected chi connectivity index (χ3v) is 20.5. The second-order valence-corrected chi connectivity index (χ2v) is 32.0. The first kappa shape index (κ1) is 133. The Morgan fingerprint density at radius 3 is 0.605 bits per heavy atom. The summed E-state index contributed by atoms with van der Waals surface area (Å²) >= 11 is 0. The van der Waals surface area contributed by atoms with Gasteiger partial charge in [0, 0.05) is 0 Å². The SMILES string of the molecule is C.C.C.C.C.CCCCCCCCCCCCCCCCCCOC(=O)C(=O)OCCO.CCCCCCCCCCCCCCCCCCOC(=O)C(C)(C)C(=O)OCCO.CCCCCCCCCCCCCCCCCCOC(=O)C(C)C(=O)OCCO.CCCCCCCCCCCCCCCCCCOC(=O)CC(=O)OCCO. The molecule has 0 aromatic carbocycles. The van der Waals surface area contributed by atoms with Gasteiger partial charge in [0.05, 0.1) is 52.9 Å². The first-order valence-corrected chi connectivity index (χ1v) is 47.3. The lowest BCUT2D eigenvalue weighted by molar-refractivity contribution is -0.170. The molecule has 0 spiro atoms. The molecule has 4 N–H and O–H groups in total. The van der Waals surface area contributed by atoms with Crippen molar-refractivity contribution in [2.45, 2.75) is 503 Å².